The molecule has 0 atom stereocenters. The van der Waals surface area contributed by atoms with Gasteiger partial charge in [-0.1, -0.05) is 0 Å². The summed E-state index contributed by atoms with van der Waals surface area (Å²) >= 11 is 0. The van der Waals surface area contributed by atoms with Gasteiger partial charge in [-0.15, -0.1) is 25.6 Å². The van der Waals surface area contributed by atoms with Crippen LogP contribution in [-0.4, -0.2) is 46.4 Å². The monoisotopic (exact) mass is 417 g/mol. The average Bonchev–Trinajstić information content (AvgIpc) is 2.53. The maximum absolute atomic E-state index is 12.1. The topological polar surface area (TPSA) is 96.5 Å². The molecule has 1 aromatic rings. The number of halogens is 4. The maximum atomic E-state index is 12.1. The number of carbonyl (C=O) groups is 1. The summed E-state index contributed by atoms with van der Waals surface area (Å²) in [4.78, 5) is 11.5. The van der Waals surface area contributed by atoms with Gasteiger partial charge < -0.3 is 15.4 Å². The van der Waals surface area contributed by atoms with E-state index in [4.69, 9.17) is 0 Å². The fourth-order valence-electron chi connectivity index (χ4n) is 2.31. The normalized spacial score (nSPS) is 15.8. The molecule has 3 N–H and O–H groups in total. The average molecular weight is 418 g/mol. The number of carbonyl (C=O) groups excluding carboxylic acids is 1. The lowest BCUT2D eigenvalue weighted by Crippen LogP contribution is -2.46. The smallest absolute Gasteiger partial charge is 0.406 e. The Hall–Kier alpha value is -1.56. The van der Waals surface area contributed by atoms with E-state index in [-0.39, 0.29) is 23.3 Å². The molecule has 0 aliphatic carbocycles. The number of hydrogen-bond acceptors (Lipinski definition) is 5. The van der Waals surface area contributed by atoms with Gasteiger partial charge >= 0.3 is 6.36 Å². The minimum absolute atomic E-state index is 0. The van der Waals surface area contributed by atoms with E-state index in [0.29, 0.717) is 0 Å². The molecule has 12 heteroatoms. The first-order chi connectivity index (χ1) is 11.7. The van der Waals surface area contributed by atoms with Gasteiger partial charge in [0.15, 0.2) is 0 Å². The number of nitrogens with one attached hydrogen (secondary N) is 3. The van der Waals surface area contributed by atoms with Gasteiger partial charge in [-0.2, -0.15) is 0 Å². The number of hydrogen-bond donors (Lipinski definition) is 3. The van der Waals surface area contributed by atoms with Crippen molar-refractivity contribution in [3.8, 4) is 5.75 Å². The minimum atomic E-state index is -4.86. The standard InChI is InChI=1S/C14H18F3N3O4S.ClH/c15-14(16,17)24-11-1-3-12(4-2-11)25(22,23)19-9-13(21)20-10-5-7-18-8-6-10;/h1-4,10,18-19H,5-9H2,(H,20,21);1H. The Bertz CT molecular complexity index is 692. The van der Waals surface area contributed by atoms with Gasteiger partial charge in [-0.25, -0.2) is 13.1 Å². The van der Waals surface area contributed by atoms with Crippen molar-refractivity contribution in [1.29, 1.82) is 0 Å². The Kier molecular flexibility index (Phi) is 8.13. The zero-order valence-corrected chi connectivity index (χ0v) is 15.1. The van der Waals surface area contributed by atoms with Crippen molar-refractivity contribution in [2.24, 2.45) is 0 Å². The van der Waals surface area contributed by atoms with Crippen LogP contribution < -0.4 is 20.1 Å². The van der Waals surface area contributed by atoms with Crippen LogP contribution >= 0.6 is 12.4 Å². The first-order valence-electron chi connectivity index (χ1n) is 7.51. The van der Waals surface area contributed by atoms with Gasteiger partial charge in [-0.3, -0.25) is 4.79 Å². The lowest BCUT2D eigenvalue weighted by molar-refractivity contribution is -0.274. The van der Waals surface area contributed by atoms with Gasteiger partial charge in [0.2, 0.25) is 15.9 Å². The molecule has 1 aliphatic rings. The van der Waals surface area contributed by atoms with E-state index >= 15 is 0 Å². The first kappa shape index (κ1) is 22.5. The highest BCUT2D eigenvalue weighted by molar-refractivity contribution is 7.89. The summed E-state index contributed by atoms with van der Waals surface area (Å²) in [6, 6.07) is 3.70. The summed E-state index contributed by atoms with van der Waals surface area (Å²) in [5.74, 6) is -0.998. The largest absolute Gasteiger partial charge is 0.573 e. The number of sulfonamides is 1. The summed E-state index contributed by atoms with van der Waals surface area (Å²) in [6.07, 6.45) is -3.33. The van der Waals surface area contributed by atoms with E-state index in [0.717, 1.165) is 50.2 Å². The van der Waals surface area contributed by atoms with E-state index in [2.05, 4.69) is 20.1 Å². The van der Waals surface area contributed by atoms with Crippen molar-refractivity contribution in [3.05, 3.63) is 24.3 Å². The summed E-state index contributed by atoms with van der Waals surface area (Å²) in [5.41, 5.74) is 0. The molecule has 0 bridgehead atoms. The third kappa shape index (κ3) is 7.36. The predicted molar refractivity (Wildman–Crippen MR) is 89.6 cm³/mol. The highest BCUT2D eigenvalue weighted by Gasteiger charge is 2.31. The number of amides is 1. The van der Waals surface area contributed by atoms with Crippen LogP contribution in [0.3, 0.4) is 0 Å². The van der Waals surface area contributed by atoms with Crippen molar-refractivity contribution < 1.29 is 31.1 Å². The fraction of sp³-hybridized carbons (Fsp3) is 0.500. The molecule has 0 saturated carbocycles. The quantitative estimate of drug-likeness (QED) is 0.645. The van der Waals surface area contributed by atoms with Crippen LogP contribution in [0.15, 0.2) is 29.2 Å². The zero-order chi connectivity index (χ0) is 18.5. The molecule has 1 saturated heterocycles. The molecule has 26 heavy (non-hydrogen) atoms. The minimum Gasteiger partial charge on any atom is -0.406 e. The SMILES string of the molecule is Cl.O=C(CNS(=O)(=O)c1ccc(OC(F)(F)F)cc1)NC1CCNCC1. The maximum Gasteiger partial charge on any atom is 0.573 e. The van der Waals surface area contributed by atoms with E-state index < -0.39 is 34.6 Å². The lowest BCUT2D eigenvalue weighted by Gasteiger charge is -2.23. The molecular formula is C14H19ClF3N3O4S. The second kappa shape index (κ2) is 9.40. The van der Waals surface area contributed by atoms with Crippen molar-refractivity contribution in [1.82, 2.24) is 15.4 Å². The predicted octanol–water partition coefficient (Wildman–Crippen LogP) is 1.15. The summed E-state index contributed by atoms with van der Waals surface area (Å²) in [7, 11) is -4.02. The molecule has 1 amide bonds. The Morgan fingerprint density at radius 3 is 2.31 bits per heavy atom. The van der Waals surface area contributed by atoms with Crippen LogP contribution in [-0.2, 0) is 14.8 Å². The molecule has 1 heterocycles. The Labute approximate surface area is 155 Å². The van der Waals surface area contributed by atoms with E-state index in [1.54, 1.807) is 0 Å². The van der Waals surface area contributed by atoms with E-state index in [1.165, 1.54) is 0 Å². The molecule has 1 aromatic carbocycles. The summed E-state index contributed by atoms with van der Waals surface area (Å²) in [6.45, 7) is 1.11. The van der Waals surface area contributed by atoms with Crippen molar-refractivity contribution in [2.75, 3.05) is 19.6 Å². The third-order valence-corrected chi connectivity index (χ3v) is 4.91. The molecule has 148 valence electrons. The molecular weight excluding hydrogens is 399 g/mol. The van der Waals surface area contributed by atoms with Crippen LogP contribution in [0.5, 0.6) is 5.75 Å². The van der Waals surface area contributed by atoms with E-state index in [9.17, 15) is 26.4 Å². The molecule has 1 fully saturated rings. The van der Waals surface area contributed by atoms with Gasteiger partial charge in [-0.05, 0) is 50.2 Å². The van der Waals surface area contributed by atoms with Gasteiger partial charge in [0.05, 0.1) is 11.4 Å². The van der Waals surface area contributed by atoms with Crippen LogP contribution in [0, 0.1) is 0 Å². The molecule has 7 nitrogen and oxygen atoms in total. The highest BCUT2D eigenvalue weighted by Crippen LogP contribution is 2.23. The van der Waals surface area contributed by atoms with E-state index in [1.807, 2.05) is 0 Å². The molecule has 2 rings (SSSR count). The number of benzene rings is 1. The Morgan fingerprint density at radius 1 is 1.19 bits per heavy atom. The lowest BCUT2D eigenvalue weighted by atomic mass is 10.1. The summed E-state index contributed by atoms with van der Waals surface area (Å²) < 4.78 is 66.1. The molecule has 1 aliphatic heterocycles. The first-order valence-corrected chi connectivity index (χ1v) is 8.99. The molecule has 0 unspecified atom stereocenters. The second-order valence-corrected chi connectivity index (χ2v) is 7.20. The third-order valence-electron chi connectivity index (χ3n) is 3.49. The Morgan fingerprint density at radius 2 is 1.77 bits per heavy atom. The second-order valence-electron chi connectivity index (χ2n) is 5.44. The highest BCUT2D eigenvalue weighted by atomic mass is 35.5. The molecule has 0 radical (unpaired) electrons. The van der Waals surface area contributed by atoms with Crippen molar-refractivity contribution in [3.63, 3.8) is 0 Å². The number of alkyl halides is 3. The van der Waals surface area contributed by atoms with Crippen molar-refractivity contribution in [2.45, 2.75) is 30.1 Å². The van der Waals surface area contributed by atoms with Gasteiger partial charge in [0, 0.05) is 6.04 Å². The van der Waals surface area contributed by atoms with Crippen LogP contribution in [0.1, 0.15) is 12.8 Å². The van der Waals surface area contributed by atoms with Gasteiger partial charge in [0.1, 0.15) is 5.75 Å². The zero-order valence-electron chi connectivity index (χ0n) is 13.5. The fourth-order valence-corrected chi connectivity index (χ4v) is 3.29. The summed E-state index contributed by atoms with van der Waals surface area (Å²) in [5, 5.41) is 5.87. The Balaban J connectivity index is 0.00000338. The molecule has 0 spiro atoms. The number of rotatable bonds is 6. The van der Waals surface area contributed by atoms with Crippen LogP contribution in [0.4, 0.5) is 13.2 Å². The van der Waals surface area contributed by atoms with Crippen LogP contribution in [0.2, 0.25) is 0 Å². The molecule has 0 aromatic heterocycles. The van der Waals surface area contributed by atoms with Crippen LogP contribution in [0.25, 0.3) is 0 Å². The van der Waals surface area contributed by atoms with Gasteiger partial charge in [0.25, 0.3) is 0 Å². The number of piperidine rings is 1. The number of ether oxygens (including phenoxy) is 1. The van der Waals surface area contributed by atoms with Crippen molar-refractivity contribution >= 4 is 28.3 Å².